The highest BCUT2D eigenvalue weighted by molar-refractivity contribution is 6.28. The Morgan fingerprint density at radius 3 is 1.61 bits per heavy atom. The molecule has 0 aromatic heterocycles. The fourth-order valence-electron chi connectivity index (χ4n) is 8.50. The van der Waals surface area contributed by atoms with Crippen molar-refractivity contribution in [3.63, 3.8) is 0 Å². The molecule has 0 radical (unpaired) electrons. The van der Waals surface area contributed by atoms with E-state index in [-0.39, 0.29) is 10.8 Å². The first-order chi connectivity index (χ1) is 23.8. The summed E-state index contributed by atoms with van der Waals surface area (Å²) in [4.78, 5) is 2.47. The molecule has 1 aliphatic rings. The van der Waals surface area contributed by atoms with Crippen molar-refractivity contribution in [2.75, 3.05) is 4.90 Å². The van der Waals surface area contributed by atoms with Gasteiger partial charge in [0.25, 0.3) is 0 Å². The van der Waals surface area contributed by atoms with E-state index in [0.717, 1.165) is 11.4 Å². The Labute approximate surface area is 289 Å². The number of rotatable bonds is 4. The van der Waals surface area contributed by atoms with Crippen LogP contribution in [0.1, 0.15) is 51.7 Å². The molecule has 0 amide bonds. The van der Waals surface area contributed by atoms with Gasteiger partial charge in [0.15, 0.2) is 0 Å². The molecule has 0 fully saturated rings. The van der Waals surface area contributed by atoms with Crippen LogP contribution in [0.2, 0.25) is 0 Å². The minimum absolute atomic E-state index is 0.165. The Kier molecular flexibility index (Phi) is 6.71. The van der Waals surface area contributed by atoms with Crippen molar-refractivity contribution < 1.29 is 0 Å². The molecule has 0 N–H and O–H groups in total. The van der Waals surface area contributed by atoms with E-state index in [1.807, 2.05) is 0 Å². The van der Waals surface area contributed by atoms with Gasteiger partial charge >= 0.3 is 0 Å². The standard InChI is InChI=1S/C48H41N/c1-47(2)27-28-48(3,4)43-31-34-29-33(26-25-32(34)30-42(43)47)36-17-12-13-23-44(36)49(35-15-6-5-7-16-35)45-24-14-22-41-39-19-9-8-18-37(39)38-20-10-11-21-40(38)46(41)45/h5-26,29-31H,27-28H2,1-4H3. The second-order valence-electron chi connectivity index (χ2n) is 15.2. The minimum Gasteiger partial charge on any atom is -0.309 e. The van der Waals surface area contributed by atoms with Crippen molar-refractivity contribution in [3.05, 3.63) is 163 Å². The van der Waals surface area contributed by atoms with Gasteiger partial charge in [-0.3, -0.25) is 0 Å². The summed E-state index contributed by atoms with van der Waals surface area (Å²) in [6.07, 6.45) is 2.43. The second-order valence-corrected chi connectivity index (χ2v) is 15.2. The monoisotopic (exact) mass is 631 g/mol. The lowest BCUT2D eigenvalue weighted by atomic mass is 9.63. The number of hydrogen-bond acceptors (Lipinski definition) is 1. The number of hydrogen-bond donors (Lipinski definition) is 0. The summed E-state index contributed by atoms with van der Waals surface area (Å²) in [6, 6.07) is 56.4. The number of para-hydroxylation sites is 2. The number of anilines is 3. The van der Waals surface area contributed by atoms with Crippen molar-refractivity contribution in [3.8, 4) is 11.1 Å². The zero-order valence-electron chi connectivity index (χ0n) is 28.8. The van der Waals surface area contributed by atoms with Crippen LogP contribution in [0.3, 0.4) is 0 Å². The third-order valence-electron chi connectivity index (χ3n) is 11.3. The highest BCUT2D eigenvalue weighted by Crippen LogP contribution is 2.49. The van der Waals surface area contributed by atoms with E-state index in [0.29, 0.717) is 0 Å². The molecule has 0 atom stereocenters. The average molecular weight is 632 g/mol. The van der Waals surface area contributed by atoms with Gasteiger partial charge in [0.2, 0.25) is 0 Å². The first-order valence-electron chi connectivity index (χ1n) is 17.7. The normalized spacial score (nSPS) is 15.1. The first-order valence-corrected chi connectivity index (χ1v) is 17.7. The molecule has 8 aromatic rings. The highest BCUT2D eigenvalue weighted by Gasteiger charge is 2.37. The van der Waals surface area contributed by atoms with Crippen LogP contribution < -0.4 is 4.90 Å². The molecule has 238 valence electrons. The predicted molar refractivity (Wildman–Crippen MR) is 212 cm³/mol. The molecule has 1 nitrogen and oxygen atoms in total. The first kappa shape index (κ1) is 29.7. The van der Waals surface area contributed by atoms with Crippen molar-refractivity contribution in [1.29, 1.82) is 0 Å². The van der Waals surface area contributed by atoms with Crippen LogP contribution in [0.15, 0.2) is 152 Å². The number of fused-ring (bicyclic) bond motifs is 8. The molecule has 1 heteroatoms. The third kappa shape index (κ3) is 4.75. The van der Waals surface area contributed by atoms with Crippen molar-refractivity contribution in [1.82, 2.24) is 0 Å². The average Bonchev–Trinajstić information content (AvgIpc) is 3.14. The quantitative estimate of drug-likeness (QED) is 0.175. The summed E-state index contributed by atoms with van der Waals surface area (Å²) in [5, 5.41) is 10.3. The molecule has 0 bridgehead atoms. The van der Waals surface area contributed by atoms with Gasteiger partial charge in [-0.25, -0.2) is 0 Å². The SMILES string of the molecule is CC1(C)CCC(C)(C)c2cc3cc(-c4ccccc4N(c4ccccc4)c4cccc5c6ccccc6c6ccccc6c45)ccc3cc21. The maximum atomic E-state index is 2.49. The minimum atomic E-state index is 0.165. The van der Waals surface area contributed by atoms with E-state index in [2.05, 4.69) is 184 Å². The van der Waals surface area contributed by atoms with Gasteiger partial charge in [0, 0.05) is 16.6 Å². The zero-order valence-corrected chi connectivity index (χ0v) is 28.8. The summed E-state index contributed by atoms with van der Waals surface area (Å²) in [6.45, 7) is 9.66. The molecular formula is C48H41N. The fraction of sp³-hybridized carbons (Fsp3) is 0.167. The summed E-state index contributed by atoms with van der Waals surface area (Å²) >= 11 is 0. The Morgan fingerprint density at radius 1 is 0.429 bits per heavy atom. The summed E-state index contributed by atoms with van der Waals surface area (Å²) in [5.74, 6) is 0. The van der Waals surface area contributed by atoms with E-state index in [9.17, 15) is 0 Å². The molecule has 49 heavy (non-hydrogen) atoms. The van der Waals surface area contributed by atoms with E-state index >= 15 is 0 Å². The molecule has 0 aliphatic heterocycles. The maximum Gasteiger partial charge on any atom is 0.0546 e. The van der Waals surface area contributed by atoms with Crippen LogP contribution >= 0.6 is 0 Å². The largest absolute Gasteiger partial charge is 0.309 e. The van der Waals surface area contributed by atoms with Crippen LogP contribution in [0.25, 0.3) is 54.2 Å². The van der Waals surface area contributed by atoms with E-state index in [4.69, 9.17) is 0 Å². The van der Waals surface area contributed by atoms with Gasteiger partial charge in [-0.05, 0) is 108 Å². The van der Waals surface area contributed by atoms with E-state index < -0.39 is 0 Å². The summed E-state index contributed by atoms with van der Waals surface area (Å²) in [5.41, 5.74) is 9.29. The Balaban J connectivity index is 1.30. The number of nitrogens with zero attached hydrogens (tertiary/aromatic N) is 1. The molecule has 0 saturated carbocycles. The molecule has 0 spiro atoms. The Morgan fingerprint density at radius 2 is 0.939 bits per heavy atom. The van der Waals surface area contributed by atoms with Crippen molar-refractivity contribution in [2.24, 2.45) is 0 Å². The van der Waals surface area contributed by atoms with Crippen LogP contribution in [0.5, 0.6) is 0 Å². The lowest BCUT2D eigenvalue weighted by molar-refractivity contribution is 0.332. The summed E-state index contributed by atoms with van der Waals surface area (Å²) in [7, 11) is 0. The molecule has 9 rings (SSSR count). The molecule has 1 aliphatic carbocycles. The van der Waals surface area contributed by atoms with Gasteiger partial charge in [0.1, 0.15) is 0 Å². The maximum absolute atomic E-state index is 2.49. The van der Waals surface area contributed by atoms with Gasteiger partial charge in [-0.2, -0.15) is 0 Å². The third-order valence-corrected chi connectivity index (χ3v) is 11.3. The lowest BCUT2D eigenvalue weighted by Crippen LogP contribution is -2.33. The molecule has 0 saturated heterocycles. The van der Waals surface area contributed by atoms with Crippen LogP contribution in [0.4, 0.5) is 17.1 Å². The van der Waals surface area contributed by atoms with Gasteiger partial charge in [0.05, 0.1) is 11.4 Å². The van der Waals surface area contributed by atoms with E-state index in [1.165, 1.54) is 83.9 Å². The fourth-order valence-corrected chi connectivity index (χ4v) is 8.50. The van der Waals surface area contributed by atoms with Crippen LogP contribution in [0, 0.1) is 0 Å². The van der Waals surface area contributed by atoms with Gasteiger partial charge in [-0.1, -0.05) is 149 Å². The van der Waals surface area contributed by atoms with Crippen molar-refractivity contribution in [2.45, 2.75) is 51.4 Å². The highest BCUT2D eigenvalue weighted by atomic mass is 15.1. The lowest BCUT2D eigenvalue weighted by Gasteiger charge is -2.42. The molecular weight excluding hydrogens is 591 g/mol. The predicted octanol–water partition coefficient (Wildman–Crippen LogP) is 13.8. The summed E-state index contributed by atoms with van der Waals surface area (Å²) < 4.78 is 0. The Bertz CT molecular complexity index is 2510. The smallest absolute Gasteiger partial charge is 0.0546 e. The molecule has 0 unspecified atom stereocenters. The molecule has 8 aromatic carbocycles. The van der Waals surface area contributed by atoms with Gasteiger partial charge < -0.3 is 4.90 Å². The van der Waals surface area contributed by atoms with Crippen molar-refractivity contribution >= 4 is 60.2 Å². The van der Waals surface area contributed by atoms with E-state index in [1.54, 1.807) is 0 Å². The number of benzene rings is 8. The molecule has 0 heterocycles. The van der Waals surface area contributed by atoms with Crippen LogP contribution in [-0.4, -0.2) is 0 Å². The Hall–Kier alpha value is -5.40. The zero-order chi connectivity index (χ0) is 33.3. The van der Waals surface area contributed by atoms with Crippen LogP contribution in [-0.2, 0) is 10.8 Å². The second kappa shape index (κ2) is 11.1. The van der Waals surface area contributed by atoms with Gasteiger partial charge in [-0.15, -0.1) is 0 Å². The topological polar surface area (TPSA) is 3.24 Å².